The quantitative estimate of drug-likeness (QED) is 0.177. The molecule has 3 aromatic rings. The van der Waals surface area contributed by atoms with E-state index in [-0.39, 0.29) is 17.9 Å². The number of hydrogen-bond acceptors (Lipinski definition) is 6. The van der Waals surface area contributed by atoms with Gasteiger partial charge in [-0.25, -0.2) is 4.79 Å². The molecule has 0 fully saturated rings. The lowest BCUT2D eigenvalue weighted by Crippen LogP contribution is -2.07. The minimum atomic E-state index is -0.764. The van der Waals surface area contributed by atoms with Gasteiger partial charge in [0, 0.05) is 29.2 Å². The van der Waals surface area contributed by atoms with Gasteiger partial charge in [-0.2, -0.15) is 5.26 Å². The molecule has 0 aliphatic carbocycles. The van der Waals surface area contributed by atoms with E-state index < -0.39 is 10.9 Å². The Morgan fingerprint density at radius 2 is 1.81 bits per heavy atom. The first-order chi connectivity index (χ1) is 15.3. The zero-order valence-corrected chi connectivity index (χ0v) is 17.9. The molecule has 3 rings (SSSR count). The number of hydrogen-bond donors (Lipinski definition) is 0. The molecule has 0 N–H and O–H groups in total. The molecule has 0 saturated heterocycles. The number of rotatable bonds is 7. The third kappa shape index (κ3) is 4.84. The average molecular weight is 431 g/mol. The van der Waals surface area contributed by atoms with Gasteiger partial charge in [-0.1, -0.05) is 0 Å². The van der Waals surface area contributed by atoms with Gasteiger partial charge in [-0.3, -0.25) is 10.1 Å². The minimum absolute atomic E-state index is 0.0510. The van der Waals surface area contributed by atoms with Crippen molar-refractivity contribution >= 4 is 17.7 Å². The van der Waals surface area contributed by atoms with Crippen LogP contribution in [0.25, 0.3) is 11.8 Å². The van der Waals surface area contributed by atoms with Crippen LogP contribution >= 0.6 is 0 Å². The average Bonchev–Trinajstić information content (AvgIpc) is 3.08. The Bertz CT molecular complexity index is 1220. The Morgan fingerprint density at radius 1 is 1.16 bits per heavy atom. The third-order valence-corrected chi connectivity index (χ3v) is 4.96. The number of esters is 1. The van der Waals surface area contributed by atoms with Gasteiger partial charge in [0.1, 0.15) is 24.0 Å². The van der Waals surface area contributed by atoms with Crippen molar-refractivity contribution in [3.63, 3.8) is 0 Å². The normalized spacial score (nSPS) is 11.0. The molecule has 1 aromatic heterocycles. The number of nitrogens with zero attached hydrogens (tertiary/aromatic N) is 3. The number of non-ortho nitro benzene ring substituents is 1. The summed E-state index contributed by atoms with van der Waals surface area (Å²) in [6, 6.07) is 17.0. The van der Waals surface area contributed by atoms with E-state index in [1.165, 1.54) is 30.3 Å². The lowest BCUT2D eigenvalue weighted by atomic mass is 10.1. The number of methoxy groups -OCH3 is 1. The summed E-state index contributed by atoms with van der Waals surface area (Å²) in [6.07, 6.45) is 1.50. The second-order valence-corrected chi connectivity index (χ2v) is 7.03. The lowest BCUT2D eigenvalue weighted by Gasteiger charge is -2.10. The van der Waals surface area contributed by atoms with Crippen LogP contribution in [0.5, 0.6) is 5.75 Å². The van der Waals surface area contributed by atoms with Crippen molar-refractivity contribution in [1.29, 1.82) is 5.26 Å². The number of aryl methyl sites for hydroxylation is 1. The number of nitro benzene ring substituents is 1. The fourth-order valence-electron chi connectivity index (χ4n) is 3.30. The van der Waals surface area contributed by atoms with E-state index in [9.17, 15) is 20.2 Å². The van der Waals surface area contributed by atoms with E-state index in [1.807, 2.05) is 54.8 Å². The van der Waals surface area contributed by atoms with Gasteiger partial charge in [-0.05, 0) is 73.5 Å². The maximum Gasteiger partial charge on any atom is 0.349 e. The number of ether oxygens (including phenoxy) is 2. The molecule has 0 saturated carbocycles. The van der Waals surface area contributed by atoms with Crippen LogP contribution in [0.15, 0.2) is 60.2 Å². The summed E-state index contributed by atoms with van der Waals surface area (Å²) in [5.41, 5.74) is 3.85. The molecule has 0 aliphatic rings. The fraction of sp³-hybridized carbons (Fsp3) is 0.167. The summed E-state index contributed by atoms with van der Waals surface area (Å²) >= 11 is 0. The van der Waals surface area contributed by atoms with Crippen molar-refractivity contribution in [2.45, 2.75) is 20.5 Å². The molecule has 2 aromatic carbocycles. The minimum Gasteiger partial charge on any atom is -0.497 e. The molecule has 1 heterocycles. The summed E-state index contributed by atoms with van der Waals surface area (Å²) in [5.74, 6) is -0.0148. The Morgan fingerprint density at radius 3 is 2.38 bits per heavy atom. The Balaban J connectivity index is 1.78. The number of benzene rings is 2. The van der Waals surface area contributed by atoms with Crippen LogP contribution in [0.2, 0.25) is 0 Å². The van der Waals surface area contributed by atoms with Gasteiger partial charge in [0.05, 0.1) is 12.0 Å². The number of carbonyl (C=O) groups is 1. The van der Waals surface area contributed by atoms with Crippen LogP contribution in [0.4, 0.5) is 5.69 Å². The van der Waals surface area contributed by atoms with Crippen LogP contribution in [0.1, 0.15) is 22.5 Å². The largest absolute Gasteiger partial charge is 0.497 e. The fourth-order valence-corrected chi connectivity index (χ4v) is 3.30. The molecule has 0 amide bonds. The van der Waals surface area contributed by atoms with E-state index in [1.54, 1.807) is 7.11 Å². The SMILES string of the molecule is COc1ccc(-n2c(C)cc(/C=C(\C#N)C(=O)OCc3ccc([N+](=O)[O-])cc3)c2C)cc1. The Kier molecular flexibility index (Phi) is 6.71. The zero-order valence-electron chi connectivity index (χ0n) is 17.9. The van der Waals surface area contributed by atoms with Crippen molar-refractivity contribution in [2.75, 3.05) is 7.11 Å². The van der Waals surface area contributed by atoms with Crippen LogP contribution < -0.4 is 4.74 Å². The number of nitro groups is 1. The summed E-state index contributed by atoms with van der Waals surface area (Å²) < 4.78 is 12.4. The van der Waals surface area contributed by atoms with E-state index in [2.05, 4.69) is 0 Å². The lowest BCUT2D eigenvalue weighted by molar-refractivity contribution is -0.384. The van der Waals surface area contributed by atoms with Gasteiger partial charge < -0.3 is 14.0 Å². The third-order valence-electron chi connectivity index (χ3n) is 4.96. The van der Waals surface area contributed by atoms with Crippen LogP contribution in [0, 0.1) is 35.3 Å². The van der Waals surface area contributed by atoms with Crippen LogP contribution in [0.3, 0.4) is 0 Å². The van der Waals surface area contributed by atoms with Crippen molar-refractivity contribution in [3.05, 3.63) is 92.8 Å². The predicted octanol–water partition coefficient (Wildman–Crippen LogP) is 4.66. The first-order valence-electron chi connectivity index (χ1n) is 9.69. The predicted molar refractivity (Wildman–Crippen MR) is 118 cm³/mol. The summed E-state index contributed by atoms with van der Waals surface area (Å²) in [6.45, 7) is 3.74. The molecular formula is C24H21N3O5. The zero-order chi connectivity index (χ0) is 23.3. The first kappa shape index (κ1) is 22.3. The second-order valence-electron chi connectivity index (χ2n) is 7.03. The Labute approximate surface area is 185 Å². The van der Waals surface area contributed by atoms with Gasteiger partial charge in [0.2, 0.25) is 0 Å². The monoisotopic (exact) mass is 431 g/mol. The van der Waals surface area contributed by atoms with Gasteiger partial charge >= 0.3 is 5.97 Å². The summed E-state index contributed by atoms with van der Waals surface area (Å²) in [4.78, 5) is 22.6. The molecule has 0 bridgehead atoms. The maximum atomic E-state index is 12.4. The molecule has 8 nitrogen and oxygen atoms in total. The highest BCUT2D eigenvalue weighted by Crippen LogP contribution is 2.24. The van der Waals surface area contributed by atoms with Crippen molar-refractivity contribution < 1.29 is 19.2 Å². The van der Waals surface area contributed by atoms with Crippen molar-refractivity contribution in [1.82, 2.24) is 4.57 Å². The molecule has 0 unspecified atom stereocenters. The van der Waals surface area contributed by atoms with E-state index in [0.717, 1.165) is 28.4 Å². The van der Waals surface area contributed by atoms with E-state index >= 15 is 0 Å². The number of nitriles is 1. The molecule has 0 radical (unpaired) electrons. The van der Waals surface area contributed by atoms with Crippen molar-refractivity contribution in [3.8, 4) is 17.5 Å². The molecule has 0 atom stereocenters. The van der Waals surface area contributed by atoms with Gasteiger partial charge in [-0.15, -0.1) is 0 Å². The van der Waals surface area contributed by atoms with Crippen molar-refractivity contribution in [2.24, 2.45) is 0 Å². The first-order valence-corrected chi connectivity index (χ1v) is 9.69. The topological polar surface area (TPSA) is 107 Å². The van der Waals surface area contributed by atoms with E-state index in [4.69, 9.17) is 9.47 Å². The molecular weight excluding hydrogens is 410 g/mol. The highest BCUT2D eigenvalue weighted by Gasteiger charge is 2.15. The smallest absolute Gasteiger partial charge is 0.349 e. The molecule has 0 spiro atoms. The summed E-state index contributed by atoms with van der Waals surface area (Å²) in [5, 5.41) is 20.2. The highest BCUT2D eigenvalue weighted by molar-refractivity contribution is 5.98. The van der Waals surface area contributed by atoms with Gasteiger partial charge in [0.15, 0.2) is 0 Å². The molecule has 162 valence electrons. The maximum absolute atomic E-state index is 12.4. The molecule has 32 heavy (non-hydrogen) atoms. The van der Waals surface area contributed by atoms with Crippen LogP contribution in [-0.4, -0.2) is 22.6 Å². The Hall–Kier alpha value is -4.38. The molecule has 8 heteroatoms. The van der Waals surface area contributed by atoms with Gasteiger partial charge in [0.25, 0.3) is 5.69 Å². The van der Waals surface area contributed by atoms with E-state index in [0.29, 0.717) is 5.56 Å². The molecule has 0 aliphatic heterocycles. The second kappa shape index (κ2) is 9.62. The number of carbonyl (C=O) groups excluding carboxylic acids is 1. The number of aromatic nitrogens is 1. The highest BCUT2D eigenvalue weighted by atomic mass is 16.6. The summed E-state index contributed by atoms with van der Waals surface area (Å²) in [7, 11) is 1.61. The standard InChI is InChI=1S/C24H21N3O5/c1-16-12-19(17(2)26(16)21-8-10-23(31-3)11-9-21)13-20(14-25)24(28)32-15-18-4-6-22(7-5-18)27(29)30/h4-13H,15H2,1-3H3/b20-13+. The van der Waals surface area contributed by atoms with Crippen LogP contribution in [-0.2, 0) is 16.1 Å².